The largest absolute Gasteiger partial charge is 0.475 e. The molecule has 0 fully saturated rings. The molecule has 21 heavy (non-hydrogen) atoms. The Morgan fingerprint density at radius 3 is 2.86 bits per heavy atom. The lowest BCUT2D eigenvalue weighted by atomic mass is 10.3. The molecule has 0 radical (unpaired) electrons. The van der Waals surface area contributed by atoms with Crippen LogP contribution in [0.5, 0.6) is 17.4 Å². The molecule has 0 amide bonds. The Labute approximate surface area is 131 Å². The van der Waals surface area contributed by atoms with E-state index in [2.05, 4.69) is 4.98 Å². The van der Waals surface area contributed by atoms with Crippen LogP contribution < -0.4 is 15.2 Å². The number of nitrogens with zero attached hydrogens (tertiary/aromatic N) is 1. The summed E-state index contributed by atoms with van der Waals surface area (Å²) in [4.78, 5) is 4.07. The summed E-state index contributed by atoms with van der Waals surface area (Å²) in [5, 5.41) is -0.0812. The van der Waals surface area contributed by atoms with Crippen molar-refractivity contribution in [2.45, 2.75) is 13.3 Å². The maximum atomic E-state index is 13.4. The third-order valence-corrected chi connectivity index (χ3v) is 3.21. The lowest BCUT2D eigenvalue weighted by Crippen LogP contribution is -2.01. The Kier molecular flexibility index (Phi) is 5.09. The van der Waals surface area contributed by atoms with E-state index < -0.39 is 5.82 Å². The molecule has 0 aliphatic rings. The molecule has 2 N–H and O–H groups in total. The maximum absolute atomic E-state index is 13.4. The van der Waals surface area contributed by atoms with E-state index in [1.165, 1.54) is 0 Å². The topological polar surface area (TPSA) is 57.4 Å². The minimum absolute atomic E-state index is 0.0111. The summed E-state index contributed by atoms with van der Waals surface area (Å²) in [7, 11) is 0. The molecule has 0 saturated carbocycles. The second kappa shape index (κ2) is 6.83. The number of pyridine rings is 1. The summed E-state index contributed by atoms with van der Waals surface area (Å²) in [6, 6.07) is 4.36. The average molecular weight is 331 g/mol. The molecule has 2 rings (SSSR count). The van der Waals surface area contributed by atoms with Crippen LogP contribution in [0.25, 0.3) is 0 Å². The average Bonchev–Trinajstić information content (AvgIpc) is 2.48. The molecule has 0 unspecified atom stereocenters. The fraction of sp³-hybridized carbons (Fsp3) is 0.214. The van der Waals surface area contributed by atoms with Gasteiger partial charge in [-0.2, -0.15) is 0 Å². The summed E-state index contributed by atoms with van der Waals surface area (Å²) in [5.41, 5.74) is 5.31. The van der Waals surface area contributed by atoms with Crippen LogP contribution in [-0.2, 0) is 0 Å². The molecule has 0 bridgehead atoms. The van der Waals surface area contributed by atoms with Crippen molar-refractivity contribution in [3.63, 3.8) is 0 Å². The SMILES string of the molecule is CCCOc1ncccc1Oc1c(Cl)cc(F)c(N)c1Cl. The van der Waals surface area contributed by atoms with Crippen LogP contribution in [0.3, 0.4) is 0 Å². The normalized spacial score (nSPS) is 10.5. The zero-order chi connectivity index (χ0) is 15.4. The van der Waals surface area contributed by atoms with Gasteiger partial charge in [0.05, 0.1) is 17.3 Å². The van der Waals surface area contributed by atoms with E-state index >= 15 is 0 Å². The van der Waals surface area contributed by atoms with Crippen LogP contribution in [0.4, 0.5) is 10.1 Å². The fourth-order valence-corrected chi connectivity index (χ4v) is 2.06. The van der Waals surface area contributed by atoms with Gasteiger partial charge in [-0.05, 0) is 24.6 Å². The summed E-state index contributed by atoms with van der Waals surface area (Å²) in [5.74, 6) is -0.0206. The van der Waals surface area contributed by atoms with Crippen molar-refractivity contribution in [1.29, 1.82) is 0 Å². The molecule has 1 aromatic heterocycles. The third-order valence-electron chi connectivity index (χ3n) is 2.55. The van der Waals surface area contributed by atoms with Crippen LogP contribution in [0.1, 0.15) is 13.3 Å². The van der Waals surface area contributed by atoms with Gasteiger partial charge < -0.3 is 15.2 Å². The van der Waals surface area contributed by atoms with Gasteiger partial charge in [-0.25, -0.2) is 9.37 Å². The minimum Gasteiger partial charge on any atom is -0.475 e. The van der Waals surface area contributed by atoms with Crippen molar-refractivity contribution in [1.82, 2.24) is 4.98 Å². The second-order valence-corrected chi connectivity index (χ2v) is 4.94. The van der Waals surface area contributed by atoms with Gasteiger partial charge in [0.2, 0.25) is 0 Å². The van der Waals surface area contributed by atoms with Crippen molar-refractivity contribution in [3.05, 3.63) is 40.3 Å². The quantitative estimate of drug-likeness (QED) is 0.808. The van der Waals surface area contributed by atoms with Crippen LogP contribution >= 0.6 is 23.2 Å². The number of anilines is 1. The first-order valence-corrected chi connectivity index (χ1v) is 6.98. The second-order valence-electron chi connectivity index (χ2n) is 4.15. The number of benzene rings is 1. The van der Waals surface area contributed by atoms with Crippen LogP contribution in [0.15, 0.2) is 24.4 Å². The van der Waals surface area contributed by atoms with Crippen molar-refractivity contribution < 1.29 is 13.9 Å². The Hall–Kier alpha value is -1.72. The lowest BCUT2D eigenvalue weighted by Gasteiger charge is -2.14. The van der Waals surface area contributed by atoms with Gasteiger partial charge in [0, 0.05) is 6.20 Å². The van der Waals surface area contributed by atoms with Gasteiger partial charge in [-0.1, -0.05) is 30.1 Å². The highest BCUT2D eigenvalue weighted by molar-refractivity contribution is 6.38. The zero-order valence-electron chi connectivity index (χ0n) is 11.2. The predicted molar refractivity (Wildman–Crippen MR) is 80.9 cm³/mol. The highest BCUT2D eigenvalue weighted by Crippen LogP contribution is 2.42. The zero-order valence-corrected chi connectivity index (χ0v) is 12.7. The van der Waals surface area contributed by atoms with Crippen molar-refractivity contribution in [2.24, 2.45) is 0 Å². The highest BCUT2D eigenvalue weighted by Gasteiger charge is 2.18. The Balaban J connectivity index is 2.37. The number of nitrogens with two attached hydrogens (primary N) is 1. The summed E-state index contributed by atoms with van der Waals surface area (Å²) < 4.78 is 24.5. The predicted octanol–water partition coefficient (Wildman–Crippen LogP) is 4.69. The number of ether oxygens (including phenoxy) is 2. The number of hydrogen-bond donors (Lipinski definition) is 1. The van der Waals surface area contributed by atoms with E-state index in [1.54, 1.807) is 18.3 Å². The molecule has 0 aliphatic heterocycles. The van der Waals surface area contributed by atoms with Crippen molar-refractivity contribution in [3.8, 4) is 17.4 Å². The van der Waals surface area contributed by atoms with E-state index in [0.717, 1.165) is 12.5 Å². The molecule has 2 aromatic rings. The number of hydrogen-bond acceptors (Lipinski definition) is 4. The van der Waals surface area contributed by atoms with Crippen LogP contribution in [-0.4, -0.2) is 11.6 Å². The molecule has 0 spiro atoms. The summed E-state index contributed by atoms with van der Waals surface area (Å²) in [6.45, 7) is 2.46. The maximum Gasteiger partial charge on any atom is 0.257 e. The van der Waals surface area contributed by atoms with Gasteiger partial charge in [0.25, 0.3) is 5.88 Å². The Morgan fingerprint density at radius 2 is 2.14 bits per heavy atom. The monoisotopic (exact) mass is 330 g/mol. The van der Waals surface area contributed by atoms with Crippen molar-refractivity contribution in [2.75, 3.05) is 12.3 Å². The number of aromatic nitrogens is 1. The molecule has 0 aliphatic carbocycles. The molecule has 112 valence electrons. The summed E-state index contributed by atoms with van der Waals surface area (Å²) >= 11 is 11.9. The van der Waals surface area contributed by atoms with Gasteiger partial charge in [0.1, 0.15) is 10.8 Å². The van der Waals surface area contributed by atoms with Crippen LogP contribution in [0.2, 0.25) is 10.0 Å². The first kappa shape index (κ1) is 15.7. The van der Waals surface area contributed by atoms with Gasteiger partial charge in [-0.3, -0.25) is 0 Å². The molecular weight excluding hydrogens is 318 g/mol. The molecule has 7 heteroatoms. The Morgan fingerprint density at radius 1 is 1.38 bits per heavy atom. The Bertz CT molecular complexity index is 653. The first-order chi connectivity index (χ1) is 10.0. The van der Waals surface area contributed by atoms with E-state index in [9.17, 15) is 4.39 Å². The standard InChI is InChI=1S/C14H13Cl2FN2O2/c1-2-6-20-14-10(4-3-5-19-14)21-13-8(15)7-9(17)12(18)11(13)16/h3-5,7H,2,6,18H2,1H3. The van der Waals surface area contributed by atoms with Crippen LogP contribution in [0, 0.1) is 5.82 Å². The molecule has 0 saturated heterocycles. The molecule has 4 nitrogen and oxygen atoms in total. The van der Waals surface area contributed by atoms with E-state index in [-0.39, 0.29) is 21.5 Å². The lowest BCUT2D eigenvalue weighted by molar-refractivity contribution is 0.290. The smallest absolute Gasteiger partial charge is 0.257 e. The van der Waals surface area contributed by atoms with Crippen molar-refractivity contribution >= 4 is 28.9 Å². The van der Waals surface area contributed by atoms with Gasteiger partial charge >= 0.3 is 0 Å². The van der Waals surface area contributed by atoms with Gasteiger partial charge in [-0.15, -0.1) is 0 Å². The molecule has 1 heterocycles. The first-order valence-electron chi connectivity index (χ1n) is 6.23. The third kappa shape index (κ3) is 3.49. The number of nitrogen functional groups attached to an aromatic ring is 1. The van der Waals surface area contributed by atoms with E-state index in [0.29, 0.717) is 18.2 Å². The summed E-state index contributed by atoms with van der Waals surface area (Å²) in [6.07, 6.45) is 2.39. The van der Waals surface area contributed by atoms with Gasteiger partial charge in [0.15, 0.2) is 11.5 Å². The number of halogens is 3. The highest BCUT2D eigenvalue weighted by atomic mass is 35.5. The minimum atomic E-state index is -0.703. The molecule has 0 atom stereocenters. The molecular formula is C14H13Cl2FN2O2. The molecule has 1 aromatic carbocycles. The van der Waals surface area contributed by atoms with E-state index in [4.69, 9.17) is 38.4 Å². The number of rotatable bonds is 5. The van der Waals surface area contributed by atoms with E-state index in [1.807, 2.05) is 6.92 Å². The fourth-order valence-electron chi connectivity index (χ4n) is 1.55.